The lowest BCUT2D eigenvalue weighted by Gasteiger charge is -2.35. The van der Waals surface area contributed by atoms with Gasteiger partial charge in [0.2, 0.25) is 0 Å². The number of ketones is 1. The van der Waals surface area contributed by atoms with Crippen molar-refractivity contribution < 1.29 is 14.0 Å². The highest BCUT2D eigenvalue weighted by atomic mass is 35.5. The smallest absolute Gasteiger partial charge is 0.295 e. The van der Waals surface area contributed by atoms with Gasteiger partial charge in [-0.3, -0.25) is 9.59 Å². The van der Waals surface area contributed by atoms with Crippen LogP contribution < -0.4 is 4.90 Å². The predicted octanol–water partition coefficient (Wildman–Crippen LogP) is 3.49. The standard InChI is InChI=1S/C20H17ClFN3O2/c21-13-1-6-16-17(12-23-18(16)11-13)19(26)20(27)25-9-7-24(8-10-25)15-4-2-14(22)3-5-15/h1-6,11-12,23H,7-10H2. The van der Waals surface area contributed by atoms with E-state index in [9.17, 15) is 14.0 Å². The van der Waals surface area contributed by atoms with Crippen molar-refractivity contribution in [3.8, 4) is 0 Å². The molecule has 27 heavy (non-hydrogen) atoms. The molecule has 0 unspecified atom stereocenters. The lowest BCUT2D eigenvalue weighted by molar-refractivity contribution is -0.126. The first-order valence-corrected chi connectivity index (χ1v) is 9.01. The predicted molar refractivity (Wildman–Crippen MR) is 103 cm³/mol. The van der Waals surface area contributed by atoms with Gasteiger partial charge in [-0.2, -0.15) is 0 Å². The Hall–Kier alpha value is -2.86. The van der Waals surface area contributed by atoms with Crippen LogP contribution in [-0.2, 0) is 4.79 Å². The van der Waals surface area contributed by atoms with Crippen LogP contribution in [0.1, 0.15) is 10.4 Å². The number of hydrogen-bond donors (Lipinski definition) is 1. The number of rotatable bonds is 3. The second kappa shape index (κ2) is 7.04. The molecule has 1 N–H and O–H groups in total. The molecule has 3 aromatic rings. The van der Waals surface area contributed by atoms with E-state index in [1.165, 1.54) is 12.1 Å². The van der Waals surface area contributed by atoms with Crippen LogP contribution in [0.15, 0.2) is 48.7 Å². The summed E-state index contributed by atoms with van der Waals surface area (Å²) in [5.41, 5.74) is 1.98. The summed E-state index contributed by atoms with van der Waals surface area (Å²) >= 11 is 5.96. The van der Waals surface area contributed by atoms with Crippen LogP contribution >= 0.6 is 11.6 Å². The minimum Gasteiger partial charge on any atom is -0.368 e. The van der Waals surface area contributed by atoms with Gasteiger partial charge in [-0.05, 0) is 36.4 Å². The number of piperazine rings is 1. The molecular formula is C20H17ClFN3O2. The highest BCUT2D eigenvalue weighted by Gasteiger charge is 2.28. The van der Waals surface area contributed by atoms with Gasteiger partial charge in [-0.1, -0.05) is 17.7 Å². The topological polar surface area (TPSA) is 56.4 Å². The molecule has 1 amide bonds. The number of H-pyrrole nitrogens is 1. The fourth-order valence-electron chi connectivity index (χ4n) is 3.36. The number of fused-ring (bicyclic) bond motifs is 1. The largest absolute Gasteiger partial charge is 0.368 e. The van der Waals surface area contributed by atoms with E-state index in [0.717, 1.165) is 11.2 Å². The number of benzene rings is 2. The summed E-state index contributed by atoms with van der Waals surface area (Å²) in [4.78, 5) is 32.0. The number of hydrogen-bond acceptors (Lipinski definition) is 3. The lowest BCUT2D eigenvalue weighted by atomic mass is 10.1. The van der Waals surface area contributed by atoms with Gasteiger partial charge >= 0.3 is 0 Å². The van der Waals surface area contributed by atoms with Crippen molar-refractivity contribution in [3.63, 3.8) is 0 Å². The summed E-state index contributed by atoms with van der Waals surface area (Å²) in [6.07, 6.45) is 1.55. The molecule has 138 valence electrons. The first-order chi connectivity index (χ1) is 13.0. The first kappa shape index (κ1) is 17.5. The zero-order valence-electron chi connectivity index (χ0n) is 14.4. The maximum atomic E-state index is 13.1. The van der Waals surface area contributed by atoms with E-state index in [-0.39, 0.29) is 5.82 Å². The average molecular weight is 386 g/mol. The number of nitrogens with zero attached hydrogens (tertiary/aromatic N) is 2. The van der Waals surface area contributed by atoms with Crippen molar-refractivity contribution in [2.24, 2.45) is 0 Å². The molecule has 2 heterocycles. The van der Waals surface area contributed by atoms with E-state index in [4.69, 9.17) is 11.6 Å². The van der Waals surface area contributed by atoms with Crippen molar-refractivity contribution in [1.29, 1.82) is 0 Å². The Morgan fingerprint density at radius 3 is 2.41 bits per heavy atom. The van der Waals surface area contributed by atoms with E-state index < -0.39 is 11.7 Å². The van der Waals surface area contributed by atoms with Crippen LogP contribution in [0.5, 0.6) is 0 Å². The van der Waals surface area contributed by atoms with Gasteiger partial charge in [0.1, 0.15) is 5.82 Å². The van der Waals surface area contributed by atoms with Crippen LogP contribution in [0.3, 0.4) is 0 Å². The van der Waals surface area contributed by atoms with Gasteiger partial charge in [-0.25, -0.2) is 4.39 Å². The van der Waals surface area contributed by atoms with Crippen LogP contribution in [0.2, 0.25) is 5.02 Å². The first-order valence-electron chi connectivity index (χ1n) is 8.64. The van der Waals surface area contributed by atoms with Gasteiger partial charge in [0.25, 0.3) is 11.7 Å². The summed E-state index contributed by atoms with van der Waals surface area (Å²) in [7, 11) is 0. The normalized spacial score (nSPS) is 14.6. The minimum absolute atomic E-state index is 0.279. The number of carbonyl (C=O) groups excluding carboxylic acids is 2. The number of nitrogens with one attached hydrogen (secondary N) is 1. The molecule has 0 aliphatic carbocycles. The molecule has 1 fully saturated rings. The molecule has 0 spiro atoms. The van der Waals surface area contributed by atoms with E-state index in [1.807, 2.05) is 0 Å². The molecule has 4 rings (SSSR count). The summed E-state index contributed by atoms with van der Waals surface area (Å²) in [6.45, 7) is 2.06. The molecule has 5 nitrogen and oxygen atoms in total. The third-order valence-corrected chi connectivity index (χ3v) is 5.08. The Labute approximate surface area is 160 Å². The zero-order chi connectivity index (χ0) is 19.0. The molecule has 1 saturated heterocycles. The van der Waals surface area contributed by atoms with Crippen LogP contribution in [0, 0.1) is 5.82 Å². The summed E-state index contributed by atoms with van der Waals surface area (Å²) in [6, 6.07) is 11.4. The number of halogens is 2. The monoisotopic (exact) mass is 385 g/mol. The molecule has 0 bridgehead atoms. The number of anilines is 1. The van der Waals surface area contributed by atoms with Gasteiger partial charge in [0.15, 0.2) is 0 Å². The van der Waals surface area contributed by atoms with Gasteiger partial charge < -0.3 is 14.8 Å². The maximum Gasteiger partial charge on any atom is 0.295 e. The van der Waals surface area contributed by atoms with Crippen molar-refractivity contribution >= 4 is 39.9 Å². The molecule has 0 saturated carbocycles. The van der Waals surface area contributed by atoms with E-state index in [1.54, 1.807) is 41.4 Å². The fraction of sp³-hybridized carbons (Fsp3) is 0.200. The summed E-state index contributed by atoms with van der Waals surface area (Å²) < 4.78 is 13.1. The Bertz CT molecular complexity index is 1010. The molecule has 1 aromatic heterocycles. The Morgan fingerprint density at radius 1 is 1.00 bits per heavy atom. The Kier molecular flexibility index (Phi) is 4.58. The van der Waals surface area contributed by atoms with Crippen molar-refractivity contribution in [3.05, 3.63) is 65.1 Å². The number of amides is 1. The van der Waals surface area contributed by atoms with Crippen LogP contribution in [0.25, 0.3) is 10.9 Å². The molecule has 1 aliphatic heterocycles. The maximum absolute atomic E-state index is 13.1. The third kappa shape index (κ3) is 3.40. The van der Waals surface area contributed by atoms with Gasteiger partial charge in [0, 0.05) is 54.0 Å². The van der Waals surface area contributed by atoms with E-state index in [0.29, 0.717) is 42.2 Å². The van der Waals surface area contributed by atoms with E-state index >= 15 is 0 Å². The second-order valence-electron chi connectivity index (χ2n) is 6.48. The molecule has 0 atom stereocenters. The van der Waals surface area contributed by atoms with Crippen molar-refractivity contribution in [2.45, 2.75) is 0 Å². The minimum atomic E-state index is -0.529. The van der Waals surface area contributed by atoms with Crippen molar-refractivity contribution in [2.75, 3.05) is 31.1 Å². The molecule has 7 heteroatoms. The quantitative estimate of drug-likeness (QED) is 0.554. The zero-order valence-corrected chi connectivity index (χ0v) is 15.2. The van der Waals surface area contributed by atoms with Gasteiger partial charge in [-0.15, -0.1) is 0 Å². The average Bonchev–Trinajstić information content (AvgIpc) is 3.10. The van der Waals surface area contributed by atoms with Crippen molar-refractivity contribution in [1.82, 2.24) is 9.88 Å². The van der Waals surface area contributed by atoms with Crippen LogP contribution in [0.4, 0.5) is 10.1 Å². The van der Waals surface area contributed by atoms with Crippen LogP contribution in [-0.4, -0.2) is 47.8 Å². The number of carbonyl (C=O) groups is 2. The lowest BCUT2D eigenvalue weighted by Crippen LogP contribution is -2.50. The fourth-order valence-corrected chi connectivity index (χ4v) is 3.54. The summed E-state index contributed by atoms with van der Waals surface area (Å²) in [5, 5.41) is 1.24. The molecule has 0 radical (unpaired) electrons. The summed E-state index contributed by atoms with van der Waals surface area (Å²) in [5.74, 6) is -1.32. The highest BCUT2D eigenvalue weighted by molar-refractivity contribution is 6.45. The van der Waals surface area contributed by atoms with E-state index in [2.05, 4.69) is 9.88 Å². The Balaban J connectivity index is 1.45. The molecular weight excluding hydrogens is 369 g/mol. The second-order valence-corrected chi connectivity index (χ2v) is 6.91. The highest BCUT2D eigenvalue weighted by Crippen LogP contribution is 2.23. The number of aromatic nitrogens is 1. The third-order valence-electron chi connectivity index (χ3n) is 4.84. The Morgan fingerprint density at radius 2 is 1.70 bits per heavy atom. The van der Waals surface area contributed by atoms with Gasteiger partial charge in [0.05, 0.1) is 5.56 Å². The number of Topliss-reactive ketones (excluding diaryl/α,β-unsaturated/α-hetero) is 1. The SMILES string of the molecule is O=C(C(=O)N1CCN(c2ccc(F)cc2)CC1)c1c[nH]c2cc(Cl)ccc12. The molecule has 2 aromatic carbocycles. The number of aromatic amines is 1. The molecule has 1 aliphatic rings.